The minimum atomic E-state index is -0.246. The normalized spacial score (nSPS) is 16.6. The average molecular weight is 595 g/mol. The second-order valence-electron chi connectivity index (χ2n) is 10.7. The number of nitriles is 2. The highest BCUT2D eigenvalue weighted by atomic mass is 32.1. The van der Waals surface area contributed by atoms with Crippen LogP contribution in [0.25, 0.3) is 27.5 Å². The van der Waals surface area contributed by atoms with Crippen molar-refractivity contribution in [3.63, 3.8) is 0 Å². The third-order valence-electron chi connectivity index (χ3n) is 8.85. The summed E-state index contributed by atoms with van der Waals surface area (Å²) >= 11 is 3.15. The van der Waals surface area contributed by atoms with Crippen molar-refractivity contribution < 1.29 is 14.4 Å². The van der Waals surface area contributed by atoms with E-state index >= 15 is 0 Å². The van der Waals surface area contributed by atoms with E-state index in [4.69, 9.17) is 0 Å². The number of carbonyl (C=O) groups is 3. The number of ketones is 3. The molecule has 7 heteroatoms. The standard InChI is InChI=1S/C36H22N2O3S2/c1-3-36(4-2)28-15-20(13-26-30(19(17-37)18-38)22-9-5-6-10-23(22)31(26)39)42-34(28)35-29(36)16-21(43-35)14-27-32(40)24-11-7-8-12-25(24)33(27)41/h5-16H,3-4H2,1-2H3/b26-13-. The van der Waals surface area contributed by atoms with Crippen molar-refractivity contribution in [3.8, 4) is 21.9 Å². The Morgan fingerprint density at radius 1 is 0.698 bits per heavy atom. The molecule has 5 nitrogen and oxygen atoms in total. The monoisotopic (exact) mass is 594 g/mol. The zero-order chi connectivity index (χ0) is 30.0. The summed E-state index contributed by atoms with van der Waals surface area (Å²) in [7, 11) is 0. The molecule has 0 spiro atoms. The number of thiophene rings is 2. The van der Waals surface area contributed by atoms with E-state index in [1.165, 1.54) is 11.1 Å². The highest BCUT2D eigenvalue weighted by Gasteiger charge is 2.44. The Hall–Kier alpha value is -4.95. The summed E-state index contributed by atoms with van der Waals surface area (Å²) in [4.78, 5) is 43.6. The van der Waals surface area contributed by atoms with Crippen molar-refractivity contribution in [2.45, 2.75) is 32.1 Å². The Morgan fingerprint density at radius 3 is 1.58 bits per heavy atom. The minimum Gasteiger partial charge on any atom is -0.289 e. The van der Waals surface area contributed by atoms with Gasteiger partial charge in [0, 0.05) is 52.8 Å². The van der Waals surface area contributed by atoms with Gasteiger partial charge in [0.1, 0.15) is 17.7 Å². The van der Waals surface area contributed by atoms with Crippen molar-refractivity contribution in [2.24, 2.45) is 0 Å². The fourth-order valence-electron chi connectivity index (χ4n) is 6.70. The molecule has 3 aliphatic rings. The van der Waals surface area contributed by atoms with Crippen LogP contribution in [-0.4, -0.2) is 17.3 Å². The fourth-order valence-corrected chi connectivity index (χ4v) is 9.26. The van der Waals surface area contributed by atoms with Crippen LogP contribution >= 0.6 is 22.7 Å². The number of hydrogen-bond acceptors (Lipinski definition) is 7. The van der Waals surface area contributed by atoms with E-state index in [9.17, 15) is 24.9 Å². The van der Waals surface area contributed by atoms with Gasteiger partial charge in [-0.15, -0.1) is 22.7 Å². The fraction of sp³-hybridized carbons (Fsp3) is 0.139. The van der Waals surface area contributed by atoms with E-state index in [0.717, 1.165) is 32.4 Å². The number of carbonyl (C=O) groups excluding carboxylic acids is 3. The molecular formula is C36H22N2O3S2. The second-order valence-corrected chi connectivity index (χ2v) is 12.9. The van der Waals surface area contributed by atoms with E-state index in [2.05, 4.69) is 26.0 Å². The molecule has 0 amide bonds. The second kappa shape index (κ2) is 9.81. The van der Waals surface area contributed by atoms with Crippen LogP contribution in [0.3, 0.4) is 0 Å². The molecule has 4 aromatic rings. The minimum absolute atomic E-state index is 0.0820. The Labute approximate surface area is 256 Å². The first kappa shape index (κ1) is 26.9. The van der Waals surface area contributed by atoms with Crippen molar-refractivity contribution >= 4 is 57.7 Å². The molecule has 206 valence electrons. The lowest BCUT2D eigenvalue weighted by Gasteiger charge is -2.28. The lowest BCUT2D eigenvalue weighted by molar-refractivity contribution is 0.0988. The smallest absolute Gasteiger partial charge is 0.197 e. The molecule has 43 heavy (non-hydrogen) atoms. The molecule has 2 aromatic carbocycles. The highest BCUT2D eigenvalue weighted by Crippen LogP contribution is 2.59. The van der Waals surface area contributed by atoms with Crippen LogP contribution in [0.4, 0.5) is 0 Å². The molecule has 2 aromatic heterocycles. The number of benzene rings is 2. The van der Waals surface area contributed by atoms with Gasteiger partial charge in [-0.3, -0.25) is 14.4 Å². The lowest BCUT2D eigenvalue weighted by Crippen LogP contribution is -2.22. The van der Waals surface area contributed by atoms with Gasteiger partial charge >= 0.3 is 0 Å². The van der Waals surface area contributed by atoms with Gasteiger partial charge < -0.3 is 0 Å². The van der Waals surface area contributed by atoms with Gasteiger partial charge in [-0.05, 0) is 53.8 Å². The highest BCUT2D eigenvalue weighted by molar-refractivity contribution is 7.23. The van der Waals surface area contributed by atoms with Crippen molar-refractivity contribution in [1.29, 1.82) is 10.5 Å². The van der Waals surface area contributed by atoms with Gasteiger partial charge in [0.2, 0.25) is 0 Å². The van der Waals surface area contributed by atoms with Crippen LogP contribution in [0.5, 0.6) is 0 Å². The molecule has 0 unspecified atom stereocenters. The SMILES string of the molecule is CCC1(CC)c2cc(C=C3C(=O)c4ccccc4C3=O)sc2-c2sc(/C=C3\C(=O)c4ccccc4C3=C(C#N)C#N)cc21. The van der Waals surface area contributed by atoms with Gasteiger partial charge in [0.15, 0.2) is 17.3 Å². The van der Waals surface area contributed by atoms with E-state index < -0.39 is 0 Å². The average Bonchev–Trinajstić information content (AvgIpc) is 3.80. The molecule has 0 aliphatic heterocycles. The third-order valence-corrected chi connectivity index (χ3v) is 11.2. The maximum atomic E-state index is 13.5. The predicted molar refractivity (Wildman–Crippen MR) is 169 cm³/mol. The third kappa shape index (κ3) is 3.69. The maximum absolute atomic E-state index is 13.5. The zero-order valence-corrected chi connectivity index (χ0v) is 24.9. The topological polar surface area (TPSA) is 98.8 Å². The first-order valence-electron chi connectivity index (χ1n) is 14.0. The Balaban J connectivity index is 1.35. The lowest BCUT2D eigenvalue weighted by atomic mass is 9.75. The van der Waals surface area contributed by atoms with Crippen molar-refractivity contribution in [2.75, 3.05) is 0 Å². The summed E-state index contributed by atoms with van der Waals surface area (Å²) in [6.07, 6.45) is 5.26. The number of fused-ring (bicyclic) bond motifs is 5. The quantitative estimate of drug-likeness (QED) is 0.134. The Bertz CT molecular complexity index is 2080. The summed E-state index contributed by atoms with van der Waals surface area (Å²) in [5.41, 5.74) is 5.00. The molecular weight excluding hydrogens is 573 g/mol. The Kier molecular flexibility index (Phi) is 6.14. The van der Waals surface area contributed by atoms with Crippen molar-refractivity contribution in [1.82, 2.24) is 0 Å². The molecule has 2 heterocycles. The predicted octanol–water partition coefficient (Wildman–Crippen LogP) is 8.44. The van der Waals surface area contributed by atoms with E-state index in [0.29, 0.717) is 33.4 Å². The van der Waals surface area contributed by atoms with Gasteiger partial charge in [0.05, 0.1) is 5.57 Å². The number of nitrogens with zero attached hydrogens (tertiary/aromatic N) is 2. The molecule has 0 atom stereocenters. The van der Waals surface area contributed by atoms with Crippen LogP contribution in [0.2, 0.25) is 0 Å². The van der Waals surface area contributed by atoms with Crippen LogP contribution in [0, 0.1) is 22.7 Å². The first-order chi connectivity index (χ1) is 20.9. The number of Topliss-reactive ketones (excluding diaryl/α,β-unsaturated/α-hetero) is 3. The van der Waals surface area contributed by atoms with E-state index in [-0.39, 0.29) is 33.9 Å². The number of rotatable bonds is 4. The van der Waals surface area contributed by atoms with Gasteiger partial charge in [-0.1, -0.05) is 62.4 Å². The number of allylic oxidation sites excluding steroid dienone is 4. The molecule has 7 rings (SSSR count). The summed E-state index contributed by atoms with van der Waals surface area (Å²) in [6.45, 7) is 4.33. The summed E-state index contributed by atoms with van der Waals surface area (Å²) in [5, 5.41) is 19.4. The van der Waals surface area contributed by atoms with Crippen molar-refractivity contribution in [3.05, 3.63) is 121 Å². The summed E-state index contributed by atoms with van der Waals surface area (Å²) in [6, 6.07) is 22.2. The summed E-state index contributed by atoms with van der Waals surface area (Å²) < 4.78 is 0. The van der Waals surface area contributed by atoms with Crippen LogP contribution in [-0.2, 0) is 5.41 Å². The first-order valence-corrected chi connectivity index (χ1v) is 15.6. The largest absolute Gasteiger partial charge is 0.289 e. The molecule has 3 aliphatic carbocycles. The van der Waals surface area contributed by atoms with E-state index in [1.54, 1.807) is 77.3 Å². The van der Waals surface area contributed by atoms with Crippen LogP contribution < -0.4 is 0 Å². The Morgan fingerprint density at radius 2 is 1.12 bits per heavy atom. The molecule has 0 bridgehead atoms. The van der Waals surface area contributed by atoms with Crippen LogP contribution in [0.1, 0.15) is 84.2 Å². The molecule has 0 N–H and O–H groups in total. The zero-order valence-electron chi connectivity index (χ0n) is 23.3. The van der Waals surface area contributed by atoms with Crippen LogP contribution in [0.15, 0.2) is 77.4 Å². The van der Waals surface area contributed by atoms with Gasteiger partial charge in [0.25, 0.3) is 0 Å². The van der Waals surface area contributed by atoms with Gasteiger partial charge in [-0.25, -0.2) is 0 Å². The maximum Gasteiger partial charge on any atom is 0.197 e. The van der Waals surface area contributed by atoms with E-state index in [1.807, 2.05) is 18.2 Å². The molecule has 0 fully saturated rings. The number of hydrogen-bond donors (Lipinski definition) is 0. The molecule has 0 saturated heterocycles. The molecule has 0 saturated carbocycles. The molecule has 0 radical (unpaired) electrons. The van der Waals surface area contributed by atoms with Gasteiger partial charge in [-0.2, -0.15) is 10.5 Å². The summed E-state index contributed by atoms with van der Waals surface area (Å²) in [5.74, 6) is -0.674.